The van der Waals surface area contributed by atoms with Gasteiger partial charge in [-0.05, 0) is 73.8 Å². The number of hydrogen-bond acceptors (Lipinski definition) is 5. The van der Waals surface area contributed by atoms with Crippen molar-refractivity contribution in [1.29, 1.82) is 5.26 Å². The molecule has 0 atom stereocenters. The molecule has 3 rings (SSSR count). The molecule has 0 amide bonds. The zero-order valence-corrected chi connectivity index (χ0v) is 21.4. The lowest BCUT2D eigenvalue weighted by molar-refractivity contribution is -0.150. The minimum Gasteiger partial charge on any atom is -0.462 e. The minimum atomic E-state index is -0.0948. The number of hydrogen-bond donors (Lipinski definition) is 2. The zero-order chi connectivity index (χ0) is 25.6. The standard InChI is InChI=1S/C29H37N5O2/c1-22(2)19-32-29(33-21-30)34-25-12-8-10-23(18-25)27(24-11-9-17-31-20-24)15-6-7-16-28(35)36-26-13-4-3-5-14-26/h8-12,15,17-18,20,22,26H,3-7,13-14,16,19H2,1-2H3,(H2,32,33,34)/b27-15+. The molecule has 1 aliphatic rings. The van der Waals surface area contributed by atoms with Crippen molar-refractivity contribution in [2.75, 3.05) is 11.9 Å². The summed E-state index contributed by atoms with van der Waals surface area (Å²) in [6.07, 6.45) is 15.2. The number of anilines is 1. The molecule has 1 aromatic carbocycles. The monoisotopic (exact) mass is 487 g/mol. The Labute approximate surface area is 214 Å². The van der Waals surface area contributed by atoms with Crippen LogP contribution in [0.25, 0.3) is 5.57 Å². The first-order valence-corrected chi connectivity index (χ1v) is 12.9. The molecule has 190 valence electrons. The zero-order valence-electron chi connectivity index (χ0n) is 21.4. The minimum absolute atomic E-state index is 0.0948. The highest BCUT2D eigenvalue weighted by atomic mass is 16.5. The van der Waals surface area contributed by atoms with Crippen molar-refractivity contribution in [2.24, 2.45) is 10.9 Å². The van der Waals surface area contributed by atoms with E-state index in [1.54, 1.807) is 6.20 Å². The summed E-state index contributed by atoms with van der Waals surface area (Å²) in [7, 11) is 0. The number of allylic oxidation sites excluding steroid dienone is 1. The molecular weight excluding hydrogens is 450 g/mol. The van der Waals surface area contributed by atoms with Gasteiger partial charge in [-0.15, -0.1) is 0 Å². The fraction of sp³-hybridized carbons (Fsp3) is 0.448. The third kappa shape index (κ3) is 9.18. The van der Waals surface area contributed by atoms with Crippen molar-refractivity contribution in [2.45, 2.75) is 71.3 Å². The lowest BCUT2D eigenvalue weighted by Gasteiger charge is -2.21. The SMILES string of the molecule is CC(C)CN=C(NC#N)Nc1cccc(/C(=C\CCCC(=O)OC2CCCCC2)c2cccnc2)c1. The fourth-order valence-corrected chi connectivity index (χ4v) is 4.18. The summed E-state index contributed by atoms with van der Waals surface area (Å²) >= 11 is 0. The van der Waals surface area contributed by atoms with Crippen LogP contribution in [-0.4, -0.2) is 29.6 Å². The maximum atomic E-state index is 12.3. The summed E-state index contributed by atoms with van der Waals surface area (Å²) < 4.78 is 5.66. The summed E-state index contributed by atoms with van der Waals surface area (Å²) in [5, 5.41) is 14.9. The molecule has 0 bridgehead atoms. The third-order valence-electron chi connectivity index (χ3n) is 5.98. The molecule has 2 aromatic rings. The smallest absolute Gasteiger partial charge is 0.306 e. The molecule has 0 saturated heterocycles. The number of benzene rings is 1. The van der Waals surface area contributed by atoms with Gasteiger partial charge < -0.3 is 10.1 Å². The number of aliphatic imine (C=N–C) groups is 1. The van der Waals surface area contributed by atoms with E-state index >= 15 is 0 Å². The quantitative estimate of drug-likeness (QED) is 0.106. The molecule has 36 heavy (non-hydrogen) atoms. The second kappa shape index (κ2) is 14.7. The molecule has 7 nitrogen and oxygen atoms in total. The van der Waals surface area contributed by atoms with E-state index in [0.29, 0.717) is 24.8 Å². The van der Waals surface area contributed by atoms with Gasteiger partial charge in [0.05, 0.1) is 0 Å². The number of rotatable bonds is 10. The molecule has 1 heterocycles. The third-order valence-corrected chi connectivity index (χ3v) is 5.98. The molecule has 2 N–H and O–H groups in total. The van der Waals surface area contributed by atoms with Gasteiger partial charge in [-0.3, -0.25) is 20.1 Å². The normalized spacial score (nSPS) is 14.8. The van der Waals surface area contributed by atoms with E-state index in [0.717, 1.165) is 60.9 Å². The number of nitrogens with one attached hydrogen (secondary N) is 2. The van der Waals surface area contributed by atoms with Crippen molar-refractivity contribution < 1.29 is 9.53 Å². The molecule has 0 unspecified atom stereocenters. The van der Waals surface area contributed by atoms with Crippen molar-refractivity contribution in [3.05, 3.63) is 66.0 Å². The first-order valence-electron chi connectivity index (χ1n) is 12.9. The van der Waals surface area contributed by atoms with E-state index in [9.17, 15) is 4.79 Å². The maximum absolute atomic E-state index is 12.3. The second-order valence-electron chi connectivity index (χ2n) is 9.53. The van der Waals surface area contributed by atoms with Gasteiger partial charge in [-0.1, -0.05) is 44.5 Å². The van der Waals surface area contributed by atoms with Crippen molar-refractivity contribution in [3.63, 3.8) is 0 Å². The molecule has 1 fully saturated rings. The molecule has 0 aliphatic heterocycles. The van der Waals surface area contributed by atoms with Gasteiger partial charge >= 0.3 is 5.97 Å². The van der Waals surface area contributed by atoms with Crippen LogP contribution >= 0.6 is 0 Å². The van der Waals surface area contributed by atoms with Crippen LogP contribution in [0.2, 0.25) is 0 Å². The molecule has 7 heteroatoms. The Morgan fingerprint density at radius 1 is 1.22 bits per heavy atom. The maximum Gasteiger partial charge on any atom is 0.306 e. The lowest BCUT2D eigenvalue weighted by Crippen LogP contribution is -2.27. The summed E-state index contributed by atoms with van der Waals surface area (Å²) in [6, 6.07) is 11.9. The second-order valence-corrected chi connectivity index (χ2v) is 9.53. The Bertz CT molecular complexity index is 1070. The largest absolute Gasteiger partial charge is 0.462 e. The molecular formula is C29H37N5O2. The Hall–Kier alpha value is -3.66. The number of carbonyl (C=O) groups excluding carboxylic acids is 1. The average Bonchev–Trinajstić information content (AvgIpc) is 2.88. The predicted octanol–water partition coefficient (Wildman–Crippen LogP) is 6.05. The van der Waals surface area contributed by atoms with Crippen LogP contribution in [-0.2, 0) is 9.53 Å². The van der Waals surface area contributed by atoms with Crippen molar-refractivity contribution in [3.8, 4) is 6.19 Å². The fourth-order valence-electron chi connectivity index (χ4n) is 4.18. The molecule has 1 saturated carbocycles. The van der Waals surface area contributed by atoms with E-state index < -0.39 is 0 Å². The van der Waals surface area contributed by atoms with Gasteiger partial charge in [0.25, 0.3) is 0 Å². The van der Waals surface area contributed by atoms with E-state index in [-0.39, 0.29) is 12.1 Å². The number of ether oxygens (including phenoxy) is 1. The molecule has 1 aromatic heterocycles. The van der Waals surface area contributed by atoms with Gasteiger partial charge in [0.2, 0.25) is 5.96 Å². The summed E-state index contributed by atoms with van der Waals surface area (Å²) in [6.45, 7) is 4.77. The van der Waals surface area contributed by atoms with E-state index in [2.05, 4.69) is 40.5 Å². The Morgan fingerprint density at radius 2 is 2.03 bits per heavy atom. The Morgan fingerprint density at radius 3 is 2.75 bits per heavy atom. The number of carbonyl (C=O) groups is 1. The van der Waals surface area contributed by atoms with Crippen LogP contribution in [0.3, 0.4) is 0 Å². The van der Waals surface area contributed by atoms with Crippen LogP contribution in [0.15, 0.2) is 59.9 Å². The lowest BCUT2D eigenvalue weighted by atomic mass is 9.97. The molecule has 0 spiro atoms. The van der Waals surface area contributed by atoms with Crippen LogP contribution in [0.5, 0.6) is 0 Å². The summed E-state index contributed by atoms with van der Waals surface area (Å²) in [5.74, 6) is 0.711. The topological polar surface area (TPSA) is 99.4 Å². The van der Waals surface area contributed by atoms with E-state index in [1.807, 2.05) is 48.8 Å². The van der Waals surface area contributed by atoms with Crippen LogP contribution in [0.4, 0.5) is 5.69 Å². The van der Waals surface area contributed by atoms with Gasteiger partial charge in [0, 0.05) is 36.6 Å². The number of nitriles is 1. The number of esters is 1. The highest BCUT2D eigenvalue weighted by molar-refractivity contribution is 5.95. The Kier molecular flexibility index (Phi) is 11.0. The molecule has 0 radical (unpaired) electrons. The number of guanidine groups is 1. The number of pyridine rings is 1. The summed E-state index contributed by atoms with van der Waals surface area (Å²) in [5.41, 5.74) is 3.88. The number of aromatic nitrogens is 1. The van der Waals surface area contributed by atoms with Crippen molar-refractivity contribution in [1.82, 2.24) is 10.3 Å². The summed E-state index contributed by atoms with van der Waals surface area (Å²) in [4.78, 5) is 21.0. The van der Waals surface area contributed by atoms with Gasteiger partial charge in [0.1, 0.15) is 6.10 Å². The number of nitrogens with zero attached hydrogens (tertiary/aromatic N) is 3. The van der Waals surface area contributed by atoms with Gasteiger partial charge in [-0.25, -0.2) is 0 Å². The average molecular weight is 488 g/mol. The first-order chi connectivity index (χ1) is 17.5. The van der Waals surface area contributed by atoms with Crippen LogP contribution < -0.4 is 10.6 Å². The van der Waals surface area contributed by atoms with Crippen LogP contribution in [0.1, 0.15) is 76.3 Å². The van der Waals surface area contributed by atoms with E-state index in [1.165, 1.54) is 6.42 Å². The predicted molar refractivity (Wildman–Crippen MR) is 144 cm³/mol. The first kappa shape index (κ1) is 26.9. The van der Waals surface area contributed by atoms with Crippen molar-refractivity contribution >= 4 is 23.2 Å². The molecule has 1 aliphatic carbocycles. The number of unbranched alkanes of at least 4 members (excludes halogenated alkanes) is 1. The van der Waals surface area contributed by atoms with Gasteiger partial charge in [0.15, 0.2) is 6.19 Å². The highest BCUT2D eigenvalue weighted by Crippen LogP contribution is 2.26. The van der Waals surface area contributed by atoms with E-state index in [4.69, 9.17) is 10.00 Å². The van der Waals surface area contributed by atoms with Gasteiger partial charge in [-0.2, -0.15) is 5.26 Å². The Balaban J connectivity index is 1.70. The highest BCUT2D eigenvalue weighted by Gasteiger charge is 2.17. The van der Waals surface area contributed by atoms with Crippen LogP contribution in [0, 0.1) is 17.4 Å².